The Balaban J connectivity index is 2.06. The summed E-state index contributed by atoms with van der Waals surface area (Å²) in [4.78, 5) is 29.0. The van der Waals surface area contributed by atoms with Crippen LogP contribution in [0.4, 0.5) is 5.69 Å². The molecular formula is C29H32Cl3N3O4S. The second kappa shape index (κ2) is 14.2. The van der Waals surface area contributed by atoms with Crippen molar-refractivity contribution in [1.29, 1.82) is 0 Å². The Labute approximate surface area is 251 Å². The van der Waals surface area contributed by atoms with E-state index in [1.54, 1.807) is 24.3 Å². The average Bonchev–Trinajstić information content (AvgIpc) is 2.88. The molecule has 11 heteroatoms. The summed E-state index contributed by atoms with van der Waals surface area (Å²) in [6, 6.07) is 19.6. The summed E-state index contributed by atoms with van der Waals surface area (Å²) in [5.74, 6) is -0.719. The Morgan fingerprint density at radius 1 is 0.850 bits per heavy atom. The SMILES string of the molecule is CC(C)CNC(=O)C(Cc1ccccc1)N(Cc1ccc(Cl)cc1)C(=O)CN(c1cc(Cl)cc(Cl)c1)S(C)(=O)=O. The van der Waals surface area contributed by atoms with Gasteiger partial charge in [-0.15, -0.1) is 0 Å². The molecule has 1 unspecified atom stereocenters. The van der Waals surface area contributed by atoms with E-state index in [-0.39, 0.29) is 40.5 Å². The molecule has 0 radical (unpaired) electrons. The number of nitrogens with zero attached hydrogens (tertiary/aromatic N) is 2. The molecule has 0 aliphatic carbocycles. The first-order valence-corrected chi connectivity index (χ1v) is 15.6. The minimum absolute atomic E-state index is 0.0521. The quantitative estimate of drug-likeness (QED) is 0.275. The molecule has 3 rings (SSSR count). The normalized spacial score (nSPS) is 12.2. The lowest BCUT2D eigenvalue weighted by Gasteiger charge is -2.33. The number of benzene rings is 3. The molecule has 0 saturated heterocycles. The van der Waals surface area contributed by atoms with Crippen LogP contribution in [0.3, 0.4) is 0 Å². The molecule has 40 heavy (non-hydrogen) atoms. The van der Waals surface area contributed by atoms with Gasteiger partial charge in [0.25, 0.3) is 0 Å². The number of hydrogen-bond acceptors (Lipinski definition) is 4. The lowest BCUT2D eigenvalue weighted by Crippen LogP contribution is -2.53. The Kier molecular flexibility index (Phi) is 11.3. The van der Waals surface area contributed by atoms with Crippen LogP contribution in [0.1, 0.15) is 25.0 Å². The second-order valence-electron chi connectivity index (χ2n) is 9.89. The fourth-order valence-corrected chi connectivity index (χ4v) is 5.53. The molecule has 0 aromatic heterocycles. The Bertz CT molecular complexity index is 1400. The first-order valence-electron chi connectivity index (χ1n) is 12.6. The van der Waals surface area contributed by atoms with E-state index in [1.807, 2.05) is 44.2 Å². The van der Waals surface area contributed by atoms with E-state index in [2.05, 4.69) is 5.32 Å². The van der Waals surface area contributed by atoms with Crippen molar-refractivity contribution in [3.63, 3.8) is 0 Å². The highest BCUT2D eigenvalue weighted by molar-refractivity contribution is 7.92. The summed E-state index contributed by atoms with van der Waals surface area (Å²) in [6.07, 6.45) is 1.22. The Morgan fingerprint density at radius 2 is 1.45 bits per heavy atom. The summed E-state index contributed by atoms with van der Waals surface area (Å²) in [5.41, 5.74) is 1.72. The van der Waals surface area contributed by atoms with Crippen LogP contribution in [0.15, 0.2) is 72.8 Å². The van der Waals surface area contributed by atoms with Crippen molar-refractivity contribution in [3.8, 4) is 0 Å². The smallest absolute Gasteiger partial charge is 0.244 e. The molecule has 2 amide bonds. The summed E-state index contributed by atoms with van der Waals surface area (Å²) in [5, 5.41) is 3.91. The number of carbonyl (C=O) groups is 2. The van der Waals surface area contributed by atoms with Gasteiger partial charge in [0.05, 0.1) is 11.9 Å². The first-order chi connectivity index (χ1) is 18.8. The van der Waals surface area contributed by atoms with E-state index >= 15 is 0 Å². The zero-order valence-electron chi connectivity index (χ0n) is 22.5. The van der Waals surface area contributed by atoms with Crippen LogP contribution < -0.4 is 9.62 Å². The summed E-state index contributed by atoms with van der Waals surface area (Å²) >= 11 is 18.4. The highest BCUT2D eigenvalue weighted by Crippen LogP contribution is 2.27. The van der Waals surface area contributed by atoms with Gasteiger partial charge in [0, 0.05) is 34.6 Å². The maximum Gasteiger partial charge on any atom is 0.244 e. The van der Waals surface area contributed by atoms with Crippen molar-refractivity contribution in [2.24, 2.45) is 5.92 Å². The monoisotopic (exact) mass is 623 g/mol. The lowest BCUT2D eigenvalue weighted by atomic mass is 10.0. The van der Waals surface area contributed by atoms with Gasteiger partial charge in [-0.05, 0) is 47.4 Å². The number of halogens is 3. The van der Waals surface area contributed by atoms with Crippen LogP contribution in [0.5, 0.6) is 0 Å². The van der Waals surface area contributed by atoms with Gasteiger partial charge in [-0.2, -0.15) is 0 Å². The minimum atomic E-state index is -3.93. The molecule has 0 spiro atoms. The fraction of sp³-hybridized carbons (Fsp3) is 0.310. The van der Waals surface area contributed by atoms with Crippen molar-refractivity contribution < 1.29 is 18.0 Å². The largest absolute Gasteiger partial charge is 0.354 e. The topological polar surface area (TPSA) is 86.8 Å². The lowest BCUT2D eigenvalue weighted by molar-refractivity contribution is -0.140. The van der Waals surface area contributed by atoms with Crippen molar-refractivity contribution in [2.45, 2.75) is 32.9 Å². The van der Waals surface area contributed by atoms with Gasteiger partial charge in [0.15, 0.2) is 0 Å². The number of nitrogens with one attached hydrogen (secondary N) is 1. The maximum absolute atomic E-state index is 14.0. The second-order valence-corrected chi connectivity index (χ2v) is 13.1. The average molecular weight is 625 g/mol. The van der Waals surface area contributed by atoms with Crippen LogP contribution in [0, 0.1) is 5.92 Å². The molecule has 214 valence electrons. The molecule has 7 nitrogen and oxygen atoms in total. The van der Waals surface area contributed by atoms with Crippen molar-refractivity contribution in [1.82, 2.24) is 10.2 Å². The molecule has 0 heterocycles. The highest BCUT2D eigenvalue weighted by Gasteiger charge is 2.33. The zero-order valence-corrected chi connectivity index (χ0v) is 25.6. The number of hydrogen-bond donors (Lipinski definition) is 1. The third-order valence-corrected chi connectivity index (χ3v) is 7.87. The van der Waals surface area contributed by atoms with E-state index in [0.29, 0.717) is 11.6 Å². The van der Waals surface area contributed by atoms with Crippen LogP contribution >= 0.6 is 34.8 Å². The van der Waals surface area contributed by atoms with Gasteiger partial charge in [-0.25, -0.2) is 8.42 Å². The molecule has 0 fully saturated rings. The number of rotatable bonds is 12. The Hall–Kier alpha value is -2.78. The van der Waals surface area contributed by atoms with Crippen LogP contribution in [0.25, 0.3) is 0 Å². The molecule has 1 N–H and O–H groups in total. The summed E-state index contributed by atoms with van der Waals surface area (Å²) in [7, 11) is -3.93. The van der Waals surface area contributed by atoms with Crippen LogP contribution in [-0.4, -0.2) is 50.5 Å². The van der Waals surface area contributed by atoms with E-state index in [9.17, 15) is 18.0 Å². The van der Waals surface area contributed by atoms with E-state index in [1.165, 1.54) is 23.1 Å². The molecular weight excluding hydrogens is 593 g/mol. The van der Waals surface area contributed by atoms with E-state index in [0.717, 1.165) is 21.7 Å². The van der Waals surface area contributed by atoms with Crippen LogP contribution in [0.2, 0.25) is 15.1 Å². The summed E-state index contributed by atoms with van der Waals surface area (Å²) in [6.45, 7) is 3.86. The molecule has 0 bridgehead atoms. The molecule has 0 aliphatic heterocycles. The molecule has 0 saturated carbocycles. The minimum Gasteiger partial charge on any atom is -0.354 e. The van der Waals surface area contributed by atoms with Gasteiger partial charge >= 0.3 is 0 Å². The maximum atomic E-state index is 14.0. The van der Waals surface area contributed by atoms with Crippen molar-refractivity contribution >= 4 is 62.3 Å². The highest BCUT2D eigenvalue weighted by atomic mass is 35.5. The van der Waals surface area contributed by atoms with Gasteiger partial charge in [-0.3, -0.25) is 13.9 Å². The Morgan fingerprint density at radius 3 is 2.00 bits per heavy atom. The van der Waals surface area contributed by atoms with Gasteiger partial charge < -0.3 is 10.2 Å². The predicted octanol–water partition coefficient (Wildman–Crippen LogP) is 5.83. The van der Waals surface area contributed by atoms with E-state index in [4.69, 9.17) is 34.8 Å². The third-order valence-electron chi connectivity index (χ3n) is 6.04. The number of sulfonamides is 1. The number of carbonyl (C=O) groups excluding carboxylic acids is 2. The van der Waals surface area contributed by atoms with Gasteiger partial charge in [0.2, 0.25) is 21.8 Å². The third kappa shape index (κ3) is 9.41. The van der Waals surface area contributed by atoms with Crippen molar-refractivity contribution in [2.75, 3.05) is 23.7 Å². The zero-order chi connectivity index (χ0) is 29.4. The van der Waals surface area contributed by atoms with Gasteiger partial charge in [-0.1, -0.05) is 91.1 Å². The first kappa shape index (κ1) is 31.7. The molecule has 3 aromatic rings. The standard InChI is InChI=1S/C29H32Cl3N3O4S/c1-20(2)17-33-29(37)27(13-21-7-5-4-6-8-21)34(18-22-9-11-23(30)12-10-22)28(36)19-35(40(3,38)39)26-15-24(31)14-25(32)16-26/h4-12,14-16,20,27H,13,17-19H2,1-3H3,(H,33,37). The number of amides is 2. The molecule has 3 aromatic carbocycles. The predicted molar refractivity (Wildman–Crippen MR) is 162 cm³/mol. The van der Waals surface area contributed by atoms with Crippen LogP contribution in [-0.2, 0) is 32.6 Å². The fourth-order valence-electron chi connectivity index (χ4n) is 4.06. The van der Waals surface area contributed by atoms with Gasteiger partial charge in [0.1, 0.15) is 12.6 Å². The number of anilines is 1. The van der Waals surface area contributed by atoms with Crippen molar-refractivity contribution in [3.05, 3.63) is 99.0 Å². The molecule has 0 aliphatic rings. The molecule has 1 atom stereocenters. The summed E-state index contributed by atoms with van der Waals surface area (Å²) < 4.78 is 26.6. The van der Waals surface area contributed by atoms with E-state index < -0.39 is 28.5 Å².